The molecule has 0 saturated carbocycles. The minimum Gasteiger partial charge on any atom is -0.496 e. The Labute approximate surface area is 147 Å². The van der Waals surface area contributed by atoms with Crippen molar-refractivity contribution in [2.45, 2.75) is 13.1 Å². The number of hydrogen-bond donors (Lipinski definition) is 2. The Hall–Kier alpha value is -2.86. The fraction of sp³-hybridized carbons (Fsp3) is 0.263. The number of aliphatic hydroxyl groups excluding tert-OH is 1. The number of hydrogen-bond acceptors (Lipinski definition) is 4. The van der Waals surface area contributed by atoms with Crippen LogP contribution in [0.1, 0.15) is 11.1 Å². The van der Waals surface area contributed by atoms with Gasteiger partial charge in [0.1, 0.15) is 5.75 Å². The van der Waals surface area contributed by atoms with Crippen molar-refractivity contribution >= 4 is 11.8 Å². The molecule has 0 aliphatic carbocycles. The highest BCUT2D eigenvalue weighted by Gasteiger charge is 2.21. The van der Waals surface area contributed by atoms with Crippen LogP contribution < -0.4 is 10.1 Å². The number of carbonyl (C=O) groups excluding carboxylic acids is 2. The maximum atomic E-state index is 12.4. The number of methoxy groups -OCH3 is 1. The summed E-state index contributed by atoms with van der Waals surface area (Å²) in [5, 5.41) is 11.8. The van der Waals surface area contributed by atoms with Crippen molar-refractivity contribution < 1.29 is 19.4 Å². The van der Waals surface area contributed by atoms with E-state index < -0.39 is 11.8 Å². The van der Waals surface area contributed by atoms with Crippen LogP contribution in [0.25, 0.3) is 0 Å². The molecule has 0 aromatic heterocycles. The van der Waals surface area contributed by atoms with E-state index in [1.54, 1.807) is 13.2 Å². The van der Waals surface area contributed by atoms with Gasteiger partial charge in [0.2, 0.25) is 0 Å². The average Bonchev–Trinajstić information content (AvgIpc) is 2.66. The van der Waals surface area contributed by atoms with E-state index in [1.807, 2.05) is 48.5 Å². The van der Waals surface area contributed by atoms with Crippen molar-refractivity contribution in [3.63, 3.8) is 0 Å². The molecular formula is C19H22N2O4. The Kier molecular flexibility index (Phi) is 6.98. The predicted octanol–water partition coefficient (Wildman–Crippen LogP) is 1.33. The van der Waals surface area contributed by atoms with Crippen LogP contribution in [0.5, 0.6) is 5.75 Å². The maximum Gasteiger partial charge on any atom is 0.312 e. The van der Waals surface area contributed by atoms with Gasteiger partial charge in [0.15, 0.2) is 0 Å². The Morgan fingerprint density at radius 2 is 1.76 bits per heavy atom. The summed E-state index contributed by atoms with van der Waals surface area (Å²) >= 11 is 0. The minimum atomic E-state index is -0.713. The quantitative estimate of drug-likeness (QED) is 0.744. The van der Waals surface area contributed by atoms with Gasteiger partial charge in [0, 0.05) is 25.2 Å². The Balaban J connectivity index is 1.99. The summed E-state index contributed by atoms with van der Waals surface area (Å²) in [5.74, 6) is -0.741. The van der Waals surface area contributed by atoms with Gasteiger partial charge in [0.25, 0.3) is 0 Å². The third-order valence-electron chi connectivity index (χ3n) is 3.70. The van der Waals surface area contributed by atoms with E-state index in [0.717, 1.165) is 11.1 Å². The van der Waals surface area contributed by atoms with E-state index in [4.69, 9.17) is 4.74 Å². The lowest BCUT2D eigenvalue weighted by Gasteiger charge is -2.21. The molecule has 6 heteroatoms. The molecule has 2 N–H and O–H groups in total. The van der Waals surface area contributed by atoms with Crippen molar-refractivity contribution in [3.05, 3.63) is 65.7 Å². The second-order valence-electron chi connectivity index (χ2n) is 5.43. The molecule has 0 aliphatic rings. The molecule has 2 aromatic rings. The van der Waals surface area contributed by atoms with Gasteiger partial charge in [-0.15, -0.1) is 0 Å². The Morgan fingerprint density at radius 3 is 2.44 bits per heavy atom. The molecule has 0 saturated heterocycles. The lowest BCUT2D eigenvalue weighted by atomic mass is 10.2. The molecule has 0 unspecified atom stereocenters. The molecule has 0 aliphatic heterocycles. The molecule has 2 rings (SSSR count). The van der Waals surface area contributed by atoms with Crippen molar-refractivity contribution in [1.29, 1.82) is 0 Å². The second kappa shape index (κ2) is 9.44. The van der Waals surface area contributed by atoms with Crippen LogP contribution in [0, 0.1) is 0 Å². The second-order valence-corrected chi connectivity index (χ2v) is 5.43. The number of aliphatic hydroxyl groups is 1. The molecule has 0 spiro atoms. The molecule has 0 fully saturated rings. The third-order valence-corrected chi connectivity index (χ3v) is 3.70. The van der Waals surface area contributed by atoms with E-state index in [-0.39, 0.29) is 26.2 Å². The van der Waals surface area contributed by atoms with Gasteiger partial charge in [-0.05, 0) is 11.6 Å². The van der Waals surface area contributed by atoms with Crippen LogP contribution in [-0.2, 0) is 22.7 Å². The molecule has 0 bridgehead atoms. The molecule has 2 amide bonds. The summed E-state index contributed by atoms with van der Waals surface area (Å²) in [6.07, 6.45) is 0. The van der Waals surface area contributed by atoms with Crippen molar-refractivity contribution in [2.24, 2.45) is 0 Å². The van der Waals surface area contributed by atoms with E-state index in [0.29, 0.717) is 5.75 Å². The van der Waals surface area contributed by atoms with Gasteiger partial charge in [-0.2, -0.15) is 0 Å². The van der Waals surface area contributed by atoms with Crippen molar-refractivity contribution in [3.8, 4) is 5.75 Å². The molecular weight excluding hydrogens is 320 g/mol. The first-order valence-corrected chi connectivity index (χ1v) is 7.99. The monoisotopic (exact) mass is 342 g/mol. The van der Waals surface area contributed by atoms with Gasteiger partial charge in [-0.3, -0.25) is 9.59 Å². The van der Waals surface area contributed by atoms with Crippen LogP contribution in [0.4, 0.5) is 0 Å². The lowest BCUT2D eigenvalue weighted by molar-refractivity contribution is -0.146. The van der Waals surface area contributed by atoms with E-state index in [9.17, 15) is 14.7 Å². The third kappa shape index (κ3) is 5.32. The zero-order valence-electron chi connectivity index (χ0n) is 14.1. The van der Waals surface area contributed by atoms with Crippen molar-refractivity contribution in [1.82, 2.24) is 10.2 Å². The van der Waals surface area contributed by atoms with Crippen LogP contribution in [0.2, 0.25) is 0 Å². The summed E-state index contributed by atoms with van der Waals surface area (Å²) in [5.41, 5.74) is 1.67. The number of amides is 2. The summed E-state index contributed by atoms with van der Waals surface area (Å²) in [6, 6.07) is 16.6. The van der Waals surface area contributed by atoms with Gasteiger partial charge in [-0.25, -0.2) is 0 Å². The van der Waals surface area contributed by atoms with E-state index >= 15 is 0 Å². The zero-order valence-corrected chi connectivity index (χ0v) is 14.1. The number of nitrogens with zero attached hydrogens (tertiary/aromatic N) is 1. The van der Waals surface area contributed by atoms with Crippen molar-refractivity contribution in [2.75, 3.05) is 20.3 Å². The number of nitrogens with one attached hydrogen (secondary N) is 1. The van der Waals surface area contributed by atoms with Gasteiger partial charge < -0.3 is 20.1 Å². The standard InChI is InChI=1S/C19H22N2O4/c1-25-17-10-6-5-9-16(17)13-20-18(23)19(24)21(11-12-22)14-15-7-3-2-4-8-15/h2-10,22H,11-14H2,1H3,(H,20,23). The molecule has 0 heterocycles. The van der Waals surface area contributed by atoms with Gasteiger partial charge >= 0.3 is 11.8 Å². The molecule has 6 nitrogen and oxygen atoms in total. The fourth-order valence-electron chi connectivity index (χ4n) is 2.42. The summed E-state index contributed by atoms with van der Waals surface area (Å²) in [6.45, 7) is 0.337. The number of carbonyl (C=O) groups is 2. The Morgan fingerprint density at radius 1 is 1.08 bits per heavy atom. The number of ether oxygens (including phenoxy) is 1. The summed E-state index contributed by atoms with van der Waals surface area (Å²) in [7, 11) is 1.55. The fourth-order valence-corrected chi connectivity index (χ4v) is 2.42. The molecule has 0 atom stereocenters. The number of para-hydroxylation sites is 1. The van der Waals surface area contributed by atoms with Gasteiger partial charge in [-0.1, -0.05) is 48.5 Å². The van der Waals surface area contributed by atoms with Crippen LogP contribution in [0.15, 0.2) is 54.6 Å². The molecule has 132 valence electrons. The van der Waals surface area contributed by atoms with Crippen LogP contribution >= 0.6 is 0 Å². The molecule has 25 heavy (non-hydrogen) atoms. The Bertz CT molecular complexity index is 704. The first-order valence-electron chi connectivity index (χ1n) is 7.99. The lowest BCUT2D eigenvalue weighted by Crippen LogP contribution is -2.43. The minimum absolute atomic E-state index is 0.0931. The maximum absolute atomic E-state index is 12.4. The van der Waals surface area contributed by atoms with Gasteiger partial charge in [0.05, 0.1) is 13.7 Å². The molecule has 0 radical (unpaired) electrons. The smallest absolute Gasteiger partial charge is 0.312 e. The number of benzene rings is 2. The predicted molar refractivity (Wildman–Crippen MR) is 93.8 cm³/mol. The highest BCUT2D eigenvalue weighted by Crippen LogP contribution is 2.16. The first-order chi connectivity index (χ1) is 12.2. The number of rotatable bonds is 7. The largest absolute Gasteiger partial charge is 0.496 e. The van der Waals surface area contributed by atoms with E-state index in [1.165, 1.54) is 4.90 Å². The molecule has 2 aromatic carbocycles. The highest BCUT2D eigenvalue weighted by molar-refractivity contribution is 6.34. The summed E-state index contributed by atoms with van der Waals surface area (Å²) in [4.78, 5) is 25.9. The zero-order chi connectivity index (χ0) is 18.1. The van der Waals surface area contributed by atoms with E-state index in [2.05, 4.69) is 5.32 Å². The highest BCUT2D eigenvalue weighted by atomic mass is 16.5. The average molecular weight is 342 g/mol. The topological polar surface area (TPSA) is 78.9 Å². The summed E-state index contributed by atoms with van der Waals surface area (Å²) < 4.78 is 5.22. The van der Waals surface area contributed by atoms with Crippen LogP contribution in [0.3, 0.4) is 0 Å². The van der Waals surface area contributed by atoms with Crippen LogP contribution in [-0.4, -0.2) is 42.1 Å². The first kappa shape index (κ1) is 18.5. The normalized spacial score (nSPS) is 10.2. The SMILES string of the molecule is COc1ccccc1CNC(=O)C(=O)N(CCO)Cc1ccccc1.